The molecule has 0 amide bonds. The number of nitrogens with zero attached hydrogens (tertiary/aromatic N) is 1. The highest BCUT2D eigenvalue weighted by Crippen LogP contribution is 1.99. The van der Waals surface area contributed by atoms with Crippen molar-refractivity contribution in [2.24, 2.45) is 0 Å². The molecule has 1 heterocycles. The van der Waals surface area contributed by atoms with Crippen molar-refractivity contribution in [3.63, 3.8) is 0 Å². The monoisotopic (exact) mass is 242 g/mol. The van der Waals surface area contributed by atoms with Crippen LogP contribution in [-0.2, 0) is 4.79 Å². The van der Waals surface area contributed by atoms with Gasteiger partial charge in [-0.2, -0.15) is 0 Å². The molecule has 1 aromatic heterocycles. The highest BCUT2D eigenvalue weighted by atomic mass is 16.4. The Bertz CT molecular complexity index is 478. The Hall–Kier alpha value is -2.12. The van der Waals surface area contributed by atoms with Crippen molar-refractivity contribution in [1.82, 2.24) is 15.2 Å². The molecule has 4 N–H and O–H groups in total. The Morgan fingerprint density at radius 2 is 2.06 bits per heavy atom. The molecule has 8 heteroatoms. The lowest BCUT2D eigenvalue weighted by atomic mass is 10.2. The molecular weight excluding hydrogens is 228 g/mol. The maximum Gasteiger partial charge on any atom is 0.342 e. The zero-order chi connectivity index (χ0) is 12.7. The summed E-state index contributed by atoms with van der Waals surface area (Å²) < 4.78 is 0. The number of carboxylic acids is 1. The maximum absolute atomic E-state index is 11.2. The van der Waals surface area contributed by atoms with Crippen LogP contribution in [0.3, 0.4) is 0 Å². The molecule has 0 aliphatic heterocycles. The third kappa shape index (κ3) is 4.96. The third-order valence-electron chi connectivity index (χ3n) is 2.07. The minimum atomic E-state index is -0.809. The van der Waals surface area contributed by atoms with Crippen LogP contribution in [0.2, 0.25) is 0 Å². The molecule has 0 fully saturated rings. The summed E-state index contributed by atoms with van der Waals surface area (Å²) in [7, 11) is 0. The molecule has 94 valence electrons. The zero-order valence-electron chi connectivity index (χ0n) is 9.15. The summed E-state index contributed by atoms with van der Waals surface area (Å²) in [6.07, 6.45) is 2.23. The fraction of sp³-hybridized carbons (Fsp3) is 0.556. The number of H-pyrrole nitrogens is 2. The normalized spacial score (nSPS) is 10.1. The van der Waals surface area contributed by atoms with E-state index >= 15 is 0 Å². The highest BCUT2D eigenvalue weighted by Gasteiger charge is 2.01. The molecule has 0 spiro atoms. The van der Waals surface area contributed by atoms with Crippen LogP contribution >= 0.6 is 0 Å². The number of hydrogen-bond acceptors (Lipinski definition) is 5. The van der Waals surface area contributed by atoms with Gasteiger partial charge in [-0.05, 0) is 12.8 Å². The Kier molecular flexibility index (Phi) is 4.92. The number of carbonyl (C=O) groups is 1. The van der Waals surface area contributed by atoms with Gasteiger partial charge >= 0.3 is 11.7 Å². The Balaban J connectivity index is 2.25. The lowest BCUT2D eigenvalue weighted by molar-refractivity contribution is -0.137. The van der Waals surface area contributed by atoms with E-state index in [1.807, 2.05) is 4.98 Å². The fourth-order valence-electron chi connectivity index (χ4n) is 1.25. The first-order valence-corrected chi connectivity index (χ1v) is 5.24. The largest absolute Gasteiger partial charge is 0.481 e. The first-order chi connectivity index (χ1) is 8.09. The van der Waals surface area contributed by atoms with E-state index in [1.54, 1.807) is 0 Å². The summed E-state index contributed by atoms with van der Waals surface area (Å²) >= 11 is 0. The third-order valence-corrected chi connectivity index (χ3v) is 2.07. The van der Waals surface area contributed by atoms with Gasteiger partial charge in [-0.25, -0.2) is 9.89 Å². The van der Waals surface area contributed by atoms with Crippen molar-refractivity contribution in [2.45, 2.75) is 25.7 Å². The van der Waals surface area contributed by atoms with Crippen LogP contribution in [-0.4, -0.2) is 32.8 Å². The van der Waals surface area contributed by atoms with E-state index in [0.717, 1.165) is 12.8 Å². The molecule has 0 saturated carbocycles. The standard InChI is InChI=1S/C9H14N4O4/c14-6(15)4-2-1-3-5-10-7-8(16)11-9(17)13-12-7/h1-5H2,(H,10,12)(H,14,15)(H2,11,13,16,17). The second kappa shape index (κ2) is 6.46. The van der Waals surface area contributed by atoms with Crippen molar-refractivity contribution in [2.75, 3.05) is 11.9 Å². The highest BCUT2D eigenvalue weighted by molar-refractivity contribution is 5.66. The van der Waals surface area contributed by atoms with Crippen molar-refractivity contribution in [3.8, 4) is 0 Å². The summed E-state index contributed by atoms with van der Waals surface area (Å²) in [6, 6.07) is 0. The van der Waals surface area contributed by atoms with Gasteiger partial charge in [0.05, 0.1) is 0 Å². The molecular formula is C9H14N4O4. The number of rotatable bonds is 7. The molecule has 0 saturated heterocycles. The minimum Gasteiger partial charge on any atom is -0.481 e. The number of aliphatic carboxylic acids is 1. The van der Waals surface area contributed by atoms with Crippen LogP contribution in [0.25, 0.3) is 0 Å². The van der Waals surface area contributed by atoms with Crippen molar-refractivity contribution in [3.05, 3.63) is 20.8 Å². The number of aromatic nitrogens is 3. The summed E-state index contributed by atoms with van der Waals surface area (Å²) in [4.78, 5) is 34.1. The van der Waals surface area contributed by atoms with Gasteiger partial charge in [0.2, 0.25) is 5.82 Å². The predicted molar refractivity (Wildman–Crippen MR) is 60.1 cm³/mol. The van der Waals surface area contributed by atoms with Gasteiger partial charge in [-0.15, -0.1) is 5.10 Å². The first kappa shape index (κ1) is 12.9. The van der Waals surface area contributed by atoms with Crippen LogP contribution in [0.4, 0.5) is 5.82 Å². The van der Waals surface area contributed by atoms with Gasteiger partial charge in [-0.1, -0.05) is 6.42 Å². The summed E-state index contributed by atoms with van der Waals surface area (Å²) in [6.45, 7) is 0.502. The number of anilines is 1. The Morgan fingerprint density at radius 1 is 1.29 bits per heavy atom. The van der Waals surface area contributed by atoms with Gasteiger partial charge in [-0.3, -0.25) is 14.6 Å². The van der Waals surface area contributed by atoms with Gasteiger partial charge in [0.1, 0.15) is 0 Å². The van der Waals surface area contributed by atoms with E-state index in [2.05, 4.69) is 15.5 Å². The lowest BCUT2D eigenvalue weighted by Crippen LogP contribution is -2.27. The Labute approximate surface area is 96.1 Å². The molecule has 0 atom stereocenters. The molecule has 0 unspecified atom stereocenters. The van der Waals surface area contributed by atoms with Gasteiger partial charge in [0.15, 0.2) is 0 Å². The number of hydrogen-bond donors (Lipinski definition) is 4. The van der Waals surface area contributed by atoms with Crippen LogP contribution in [0.5, 0.6) is 0 Å². The smallest absolute Gasteiger partial charge is 0.342 e. The second-order valence-electron chi connectivity index (χ2n) is 3.49. The molecule has 8 nitrogen and oxygen atoms in total. The average molecular weight is 242 g/mol. The van der Waals surface area contributed by atoms with E-state index in [-0.39, 0.29) is 12.2 Å². The topological polar surface area (TPSA) is 128 Å². The van der Waals surface area contributed by atoms with Crippen LogP contribution in [0, 0.1) is 0 Å². The molecule has 0 radical (unpaired) electrons. The SMILES string of the molecule is O=C(O)CCCCCNc1n[nH]c(=O)[nH]c1=O. The predicted octanol–water partition coefficient (Wildman–Crippen LogP) is -0.485. The van der Waals surface area contributed by atoms with E-state index in [1.165, 1.54) is 0 Å². The molecule has 17 heavy (non-hydrogen) atoms. The van der Waals surface area contributed by atoms with Crippen LogP contribution < -0.4 is 16.6 Å². The van der Waals surface area contributed by atoms with Crippen LogP contribution in [0.15, 0.2) is 9.59 Å². The zero-order valence-corrected chi connectivity index (χ0v) is 9.15. The van der Waals surface area contributed by atoms with E-state index in [9.17, 15) is 14.4 Å². The van der Waals surface area contributed by atoms with Gasteiger partial charge in [0.25, 0.3) is 5.56 Å². The number of nitrogens with one attached hydrogen (secondary N) is 3. The van der Waals surface area contributed by atoms with E-state index < -0.39 is 17.2 Å². The summed E-state index contributed by atoms with van der Waals surface area (Å²) in [5.74, 6) is -0.750. The van der Waals surface area contributed by atoms with Gasteiger partial charge < -0.3 is 10.4 Å². The quantitative estimate of drug-likeness (QED) is 0.478. The van der Waals surface area contributed by atoms with E-state index in [0.29, 0.717) is 13.0 Å². The second-order valence-corrected chi connectivity index (χ2v) is 3.49. The van der Waals surface area contributed by atoms with Gasteiger partial charge in [0, 0.05) is 13.0 Å². The lowest BCUT2D eigenvalue weighted by Gasteiger charge is -2.02. The number of carboxylic acid groups (broad SMARTS) is 1. The number of unbranched alkanes of at least 4 members (excludes halogenated alkanes) is 2. The molecule has 0 aromatic carbocycles. The fourth-order valence-corrected chi connectivity index (χ4v) is 1.25. The molecule has 0 aliphatic rings. The summed E-state index contributed by atoms with van der Waals surface area (Å²) in [5.41, 5.74) is -1.22. The van der Waals surface area contributed by atoms with Crippen LogP contribution in [0.1, 0.15) is 25.7 Å². The minimum absolute atomic E-state index is 0.0582. The van der Waals surface area contributed by atoms with Crippen molar-refractivity contribution >= 4 is 11.8 Å². The van der Waals surface area contributed by atoms with Crippen molar-refractivity contribution < 1.29 is 9.90 Å². The van der Waals surface area contributed by atoms with Crippen molar-refractivity contribution in [1.29, 1.82) is 0 Å². The molecule has 0 bridgehead atoms. The summed E-state index contributed by atoms with van der Waals surface area (Å²) in [5, 5.41) is 16.8. The molecule has 0 aliphatic carbocycles. The molecule has 1 rings (SSSR count). The van der Waals surface area contributed by atoms with E-state index in [4.69, 9.17) is 5.11 Å². The number of aromatic amines is 2. The maximum atomic E-state index is 11.2. The Morgan fingerprint density at radius 3 is 2.71 bits per heavy atom. The first-order valence-electron chi connectivity index (χ1n) is 5.24. The average Bonchev–Trinajstić information content (AvgIpc) is 2.25. The molecule has 1 aromatic rings.